The van der Waals surface area contributed by atoms with Gasteiger partial charge in [-0.3, -0.25) is 4.79 Å². The van der Waals surface area contributed by atoms with Gasteiger partial charge in [-0.15, -0.1) is 0 Å². The van der Waals surface area contributed by atoms with Gasteiger partial charge in [0.05, 0.1) is 0 Å². The average molecular weight is 368 g/mol. The molecule has 6 heteroatoms. The largest absolute Gasteiger partial charge is 0.334 e. The van der Waals surface area contributed by atoms with Crippen molar-refractivity contribution in [2.75, 3.05) is 11.4 Å². The first-order chi connectivity index (χ1) is 12.5. The Labute approximate surface area is 156 Å². The lowest BCUT2D eigenvalue weighted by atomic mass is 10.1. The lowest BCUT2D eigenvalue weighted by Crippen LogP contribution is -2.24. The van der Waals surface area contributed by atoms with Crippen LogP contribution in [0.5, 0.6) is 0 Å². The van der Waals surface area contributed by atoms with Crippen LogP contribution in [0.25, 0.3) is 11.5 Å². The van der Waals surface area contributed by atoms with Crippen LogP contribution >= 0.6 is 11.6 Å². The molecule has 4 rings (SSSR count). The van der Waals surface area contributed by atoms with E-state index in [9.17, 15) is 4.79 Å². The summed E-state index contributed by atoms with van der Waals surface area (Å²) in [4.78, 5) is 18.7. The number of hydrogen-bond acceptors (Lipinski definition) is 4. The summed E-state index contributed by atoms with van der Waals surface area (Å²) in [5.41, 5.74) is 4.07. The number of aryl methyl sites for hydroxylation is 2. The number of anilines is 1. The Morgan fingerprint density at radius 3 is 2.77 bits per heavy atom. The molecular formula is C20H18ClN3O2. The van der Waals surface area contributed by atoms with Crippen LogP contribution in [0.4, 0.5) is 5.69 Å². The van der Waals surface area contributed by atoms with E-state index in [0.29, 0.717) is 29.7 Å². The lowest BCUT2D eigenvalue weighted by molar-refractivity contribution is -0.117. The highest BCUT2D eigenvalue weighted by Crippen LogP contribution is 2.32. The van der Waals surface area contributed by atoms with Crippen molar-refractivity contribution < 1.29 is 9.32 Å². The Hall–Kier alpha value is -2.66. The van der Waals surface area contributed by atoms with Crippen molar-refractivity contribution in [3.63, 3.8) is 0 Å². The second-order valence-electron chi connectivity index (χ2n) is 6.64. The Morgan fingerprint density at radius 1 is 1.15 bits per heavy atom. The first kappa shape index (κ1) is 16.8. The van der Waals surface area contributed by atoms with Gasteiger partial charge in [0, 0.05) is 35.2 Å². The van der Waals surface area contributed by atoms with Crippen molar-refractivity contribution in [1.82, 2.24) is 10.1 Å². The molecule has 1 unspecified atom stereocenters. The van der Waals surface area contributed by atoms with Gasteiger partial charge in [0.25, 0.3) is 5.89 Å². The quantitative estimate of drug-likeness (QED) is 0.682. The summed E-state index contributed by atoms with van der Waals surface area (Å²) in [5.74, 6) is 0.994. The van der Waals surface area contributed by atoms with E-state index in [1.54, 1.807) is 17.0 Å². The number of amides is 1. The van der Waals surface area contributed by atoms with E-state index in [2.05, 4.69) is 24.0 Å². The molecule has 0 saturated carbocycles. The summed E-state index contributed by atoms with van der Waals surface area (Å²) >= 11 is 6.04. The number of carbonyl (C=O) groups excluding carboxylic acids is 1. The SMILES string of the molecule is Cc1ccc(-c2nc(C3CC(=O)N(c4cccc(Cl)c4)C3)no2)cc1C. The van der Waals surface area contributed by atoms with E-state index in [4.69, 9.17) is 16.1 Å². The Morgan fingerprint density at radius 2 is 2.00 bits per heavy atom. The summed E-state index contributed by atoms with van der Waals surface area (Å²) in [6.07, 6.45) is 0.360. The van der Waals surface area contributed by atoms with Crippen molar-refractivity contribution in [1.29, 1.82) is 0 Å². The molecule has 1 amide bonds. The van der Waals surface area contributed by atoms with Crippen LogP contribution in [0, 0.1) is 13.8 Å². The number of halogens is 1. The van der Waals surface area contributed by atoms with Crippen LogP contribution in [0.3, 0.4) is 0 Å². The van der Waals surface area contributed by atoms with Gasteiger partial charge < -0.3 is 9.42 Å². The molecular weight excluding hydrogens is 350 g/mol. The maximum atomic E-state index is 12.4. The molecule has 1 aliphatic heterocycles. The maximum absolute atomic E-state index is 12.4. The smallest absolute Gasteiger partial charge is 0.257 e. The van der Waals surface area contributed by atoms with Crippen LogP contribution < -0.4 is 4.90 Å². The molecule has 0 bridgehead atoms. The monoisotopic (exact) mass is 367 g/mol. The zero-order valence-corrected chi connectivity index (χ0v) is 15.3. The topological polar surface area (TPSA) is 59.2 Å². The molecule has 1 aromatic heterocycles. The number of rotatable bonds is 3. The minimum Gasteiger partial charge on any atom is -0.334 e. The van der Waals surface area contributed by atoms with E-state index in [1.807, 2.05) is 30.3 Å². The Balaban J connectivity index is 1.57. The third-order valence-corrected chi connectivity index (χ3v) is 5.04. The molecule has 3 aromatic rings. The molecule has 0 N–H and O–H groups in total. The number of carbonyl (C=O) groups is 1. The molecule has 1 saturated heterocycles. The van der Waals surface area contributed by atoms with E-state index in [0.717, 1.165) is 11.3 Å². The second kappa shape index (κ2) is 6.57. The summed E-state index contributed by atoms with van der Waals surface area (Å²) in [5, 5.41) is 4.72. The average Bonchev–Trinajstić information content (AvgIpc) is 3.24. The van der Waals surface area contributed by atoms with Gasteiger partial charge in [-0.1, -0.05) is 28.9 Å². The van der Waals surface area contributed by atoms with E-state index >= 15 is 0 Å². The minimum atomic E-state index is -0.0921. The highest BCUT2D eigenvalue weighted by atomic mass is 35.5. The van der Waals surface area contributed by atoms with Gasteiger partial charge in [-0.05, 0) is 55.3 Å². The minimum absolute atomic E-state index is 0.0368. The van der Waals surface area contributed by atoms with Crippen molar-refractivity contribution in [3.8, 4) is 11.5 Å². The Kier molecular flexibility index (Phi) is 4.24. The number of aromatic nitrogens is 2. The van der Waals surface area contributed by atoms with Crippen LogP contribution in [0.15, 0.2) is 47.0 Å². The summed E-state index contributed by atoms with van der Waals surface area (Å²) in [6.45, 7) is 4.63. The lowest BCUT2D eigenvalue weighted by Gasteiger charge is -2.16. The van der Waals surface area contributed by atoms with E-state index < -0.39 is 0 Å². The molecule has 1 aliphatic rings. The zero-order chi connectivity index (χ0) is 18.3. The van der Waals surface area contributed by atoms with Gasteiger partial charge >= 0.3 is 0 Å². The molecule has 1 atom stereocenters. The van der Waals surface area contributed by atoms with Crippen molar-refractivity contribution in [2.24, 2.45) is 0 Å². The normalized spacial score (nSPS) is 17.1. The summed E-state index contributed by atoms with van der Waals surface area (Å²) < 4.78 is 5.44. The molecule has 0 radical (unpaired) electrons. The molecule has 132 valence electrons. The first-order valence-electron chi connectivity index (χ1n) is 8.48. The van der Waals surface area contributed by atoms with Crippen LogP contribution in [-0.2, 0) is 4.79 Å². The molecule has 1 fully saturated rings. The molecule has 2 heterocycles. The van der Waals surface area contributed by atoms with Crippen LogP contribution in [-0.4, -0.2) is 22.6 Å². The second-order valence-corrected chi connectivity index (χ2v) is 7.08. The van der Waals surface area contributed by atoms with Crippen LogP contribution in [0.1, 0.15) is 29.3 Å². The fourth-order valence-electron chi connectivity index (χ4n) is 3.17. The van der Waals surface area contributed by atoms with E-state index in [-0.39, 0.29) is 11.8 Å². The number of benzene rings is 2. The predicted octanol–water partition coefficient (Wildman–Crippen LogP) is 4.53. The third-order valence-electron chi connectivity index (χ3n) is 4.81. The molecule has 0 spiro atoms. The van der Waals surface area contributed by atoms with Gasteiger partial charge in [-0.25, -0.2) is 0 Å². The summed E-state index contributed by atoms with van der Waals surface area (Å²) in [7, 11) is 0. The van der Waals surface area contributed by atoms with Crippen LogP contribution in [0.2, 0.25) is 5.02 Å². The zero-order valence-electron chi connectivity index (χ0n) is 14.6. The fraction of sp³-hybridized carbons (Fsp3) is 0.250. The van der Waals surface area contributed by atoms with Crippen molar-refractivity contribution >= 4 is 23.2 Å². The maximum Gasteiger partial charge on any atom is 0.257 e. The summed E-state index contributed by atoms with van der Waals surface area (Å²) in [6, 6.07) is 13.3. The molecule has 5 nitrogen and oxygen atoms in total. The molecule has 2 aromatic carbocycles. The van der Waals surface area contributed by atoms with Crippen molar-refractivity contribution in [2.45, 2.75) is 26.2 Å². The number of hydrogen-bond donors (Lipinski definition) is 0. The van der Waals surface area contributed by atoms with E-state index in [1.165, 1.54) is 11.1 Å². The standard InChI is InChI=1S/C20H18ClN3O2/c1-12-6-7-14(8-13(12)2)20-22-19(23-26-20)15-9-18(25)24(11-15)17-5-3-4-16(21)10-17/h3-8,10,15H,9,11H2,1-2H3. The van der Waals surface area contributed by atoms with Gasteiger partial charge in [0.2, 0.25) is 5.91 Å². The first-order valence-corrected chi connectivity index (χ1v) is 8.86. The third kappa shape index (κ3) is 3.10. The van der Waals surface area contributed by atoms with Gasteiger partial charge in [0.1, 0.15) is 0 Å². The fourth-order valence-corrected chi connectivity index (χ4v) is 3.35. The van der Waals surface area contributed by atoms with Crippen molar-refractivity contribution in [3.05, 3.63) is 64.4 Å². The highest BCUT2D eigenvalue weighted by Gasteiger charge is 2.34. The molecule has 0 aliphatic carbocycles. The highest BCUT2D eigenvalue weighted by molar-refractivity contribution is 6.30. The molecule has 26 heavy (non-hydrogen) atoms. The Bertz CT molecular complexity index is 983. The van der Waals surface area contributed by atoms with Gasteiger partial charge in [-0.2, -0.15) is 4.98 Å². The number of nitrogens with zero attached hydrogens (tertiary/aromatic N) is 3. The van der Waals surface area contributed by atoms with Gasteiger partial charge in [0.15, 0.2) is 5.82 Å². The predicted molar refractivity (Wildman–Crippen MR) is 100 cm³/mol.